The first-order valence-electron chi connectivity index (χ1n) is 8.21. The predicted molar refractivity (Wildman–Crippen MR) is 103 cm³/mol. The number of likely N-dealkylation sites (N-methyl/N-ethyl adjacent to an activating group) is 1. The first-order valence-corrected chi connectivity index (χ1v) is 9.09. The van der Waals surface area contributed by atoms with Gasteiger partial charge >= 0.3 is 0 Å². The molecule has 1 aromatic carbocycles. The fraction of sp³-hybridized carbons (Fsp3) is 0.278. The van der Waals surface area contributed by atoms with Gasteiger partial charge in [-0.3, -0.25) is 14.5 Å². The van der Waals surface area contributed by atoms with Crippen molar-refractivity contribution in [2.45, 2.75) is 13.5 Å². The molecule has 0 aliphatic rings. The molecular formula is C18H20N4O3S. The molecule has 0 saturated heterocycles. The lowest BCUT2D eigenvalue weighted by molar-refractivity contribution is -0.117. The maximum atomic E-state index is 12.3. The van der Waals surface area contributed by atoms with Crippen molar-refractivity contribution < 1.29 is 9.53 Å². The Morgan fingerprint density at radius 1 is 1.31 bits per heavy atom. The minimum atomic E-state index is -0.140. The molecule has 2 heterocycles. The van der Waals surface area contributed by atoms with Crippen LogP contribution in [0.2, 0.25) is 0 Å². The average Bonchev–Trinajstić information content (AvgIpc) is 3.11. The maximum Gasteiger partial charge on any atom is 0.268 e. The van der Waals surface area contributed by atoms with Gasteiger partial charge in [-0.2, -0.15) is 0 Å². The molecule has 0 unspecified atom stereocenters. The zero-order valence-corrected chi connectivity index (χ0v) is 15.4. The molecule has 2 N–H and O–H groups in total. The Balaban J connectivity index is 1.64. The lowest BCUT2D eigenvalue weighted by Crippen LogP contribution is -2.33. The Morgan fingerprint density at radius 3 is 2.77 bits per heavy atom. The van der Waals surface area contributed by atoms with E-state index in [1.54, 1.807) is 31.4 Å². The summed E-state index contributed by atoms with van der Waals surface area (Å²) in [6.45, 7) is 3.21. The number of ether oxygens (including phenoxy) is 1. The summed E-state index contributed by atoms with van der Waals surface area (Å²) in [7, 11) is 1.60. The van der Waals surface area contributed by atoms with E-state index < -0.39 is 0 Å². The third-order valence-corrected chi connectivity index (χ3v) is 4.83. The molecule has 0 fully saturated rings. The van der Waals surface area contributed by atoms with Crippen LogP contribution >= 0.6 is 11.3 Å². The number of amides is 1. The Kier molecular flexibility index (Phi) is 5.65. The highest BCUT2D eigenvalue weighted by Gasteiger charge is 2.13. The molecule has 0 spiro atoms. The number of hydrogen-bond donors (Lipinski definition) is 2. The third kappa shape index (κ3) is 4.27. The van der Waals surface area contributed by atoms with Gasteiger partial charge in [-0.1, -0.05) is 6.92 Å². The third-order valence-electron chi connectivity index (χ3n) is 3.93. The molecule has 3 aromatic rings. The van der Waals surface area contributed by atoms with E-state index in [1.165, 1.54) is 11.3 Å². The summed E-state index contributed by atoms with van der Waals surface area (Å²) in [5.41, 5.74) is 1.25. The van der Waals surface area contributed by atoms with Crippen molar-refractivity contribution >= 4 is 33.1 Å². The number of carbonyl (C=O) groups excluding carboxylic acids is 1. The van der Waals surface area contributed by atoms with Crippen LogP contribution in [0.15, 0.2) is 40.5 Å². The van der Waals surface area contributed by atoms with Gasteiger partial charge in [-0.05, 0) is 42.3 Å². The SMILES string of the molecule is CCN(CC(=O)Nc1ccc(OC)cc1)Cc1nc2ccsc2c(=O)[nH]1. The summed E-state index contributed by atoms with van der Waals surface area (Å²) >= 11 is 1.37. The van der Waals surface area contributed by atoms with E-state index in [9.17, 15) is 9.59 Å². The Hall–Kier alpha value is -2.71. The van der Waals surface area contributed by atoms with E-state index in [0.29, 0.717) is 34.8 Å². The van der Waals surface area contributed by atoms with Gasteiger partial charge in [0, 0.05) is 5.69 Å². The zero-order chi connectivity index (χ0) is 18.5. The van der Waals surface area contributed by atoms with E-state index >= 15 is 0 Å². The minimum Gasteiger partial charge on any atom is -0.497 e. The molecule has 0 radical (unpaired) electrons. The first kappa shape index (κ1) is 18.1. The fourth-order valence-corrected chi connectivity index (χ4v) is 3.29. The Labute approximate surface area is 154 Å². The molecule has 0 bridgehead atoms. The van der Waals surface area contributed by atoms with Gasteiger partial charge in [0.2, 0.25) is 5.91 Å². The Morgan fingerprint density at radius 2 is 2.08 bits per heavy atom. The maximum absolute atomic E-state index is 12.3. The number of hydrogen-bond acceptors (Lipinski definition) is 6. The molecular weight excluding hydrogens is 352 g/mol. The molecule has 0 saturated carbocycles. The van der Waals surface area contributed by atoms with Crippen molar-refractivity contribution in [2.24, 2.45) is 0 Å². The quantitative estimate of drug-likeness (QED) is 0.665. The van der Waals surface area contributed by atoms with Gasteiger partial charge in [0.15, 0.2) is 0 Å². The largest absolute Gasteiger partial charge is 0.497 e. The number of nitrogens with one attached hydrogen (secondary N) is 2. The minimum absolute atomic E-state index is 0.129. The zero-order valence-electron chi connectivity index (χ0n) is 14.6. The van der Waals surface area contributed by atoms with Crippen molar-refractivity contribution in [2.75, 3.05) is 25.5 Å². The second-order valence-electron chi connectivity index (χ2n) is 5.73. The number of benzene rings is 1. The summed E-state index contributed by atoms with van der Waals surface area (Å²) in [6, 6.07) is 8.98. The van der Waals surface area contributed by atoms with E-state index in [1.807, 2.05) is 23.3 Å². The number of aromatic amines is 1. The number of thiophene rings is 1. The lowest BCUT2D eigenvalue weighted by Gasteiger charge is -2.19. The monoisotopic (exact) mass is 372 g/mol. The number of rotatable bonds is 7. The average molecular weight is 372 g/mol. The molecule has 3 rings (SSSR count). The number of carbonyl (C=O) groups is 1. The van der Waals surface area contributed by atoms with Gasteiger partial charge in [-0.25, -0.2) is 4.98 Å². The molecule has 0 aliphatic heterocycles. The molecule has 26 heavy (non-hydrogen) atoms. The second kappa shape index (κ2) is 8.11. The topological polar surface area (TPSA) is 87.3 Å². The molecule has 136 valence electrons. The normalized spacial score (nSPS) is 11.0. The fourth-order valence-electron chi connectivity index (χ4n) is 2.57. The standard InChI is InChI=1S/C18H20N4O3S/c1-3-22(10-15-20-14-8-9-26-17(14)18(24)21-15)11-16(23)19-12-4-6-13(25-2)7-5-12/h4-9H,3,10-11H2,1-2H3,(H,19,23)(H,20,21,24). The van der Waals surface area contributed by atoms with Crippen molar-refractivity contribution in [3.63, 3.8) is 0 Å². The van der Waals surface area contributed by atoms with Gasteiger partial charge in [-0.15, -0.1) is 11.3 Å². The summed E-state index contributed by atoms with van der Waals surface area (Å²) in [5, 5.41) is 4.70. The van der Waals surface area contributed by atoms with E-state index in [4.69, 9.17) is 4.74 Å². The number of methoxy groups -OCH3 is 1. The molecule has 1 amide bonds. The molecule has 2 aromatic heterocycles. The summed E-state index contributed by atoms with van der Waals surface area (Å²) in [4.78, 5) is 33.5. The van der Waals surface area contributed by atoms with Crippen LogP contribution in [0.1, 0.15) is 12.7 Å². The number of H-pyrrole nitrogens is 1. The van der Waals surface area contributed by atoms with E-state index in [2.05, 4.69) is 15.3 Å². The van der Waals surface area contributed by atoms with Gasteiger partial charge in [0.25, 0.3) is 5.56 Å². The van der Waals surface area contributed by atoms with Crippen LogP contribution in [0, 0.1) is 0 Å². The van der Waals surface area contributed by atoms with Crippen LogP contribution in [0.3, 0.4) is 0 Å². The highest BCUT2D eigenvalue weighted by Crippen LogP contribution is 2.16. The highest BCUT2D eigenvalue weighted by molar-refractivity contribution is 7.17. The molecule has 7 nitrogen and oxygen atoms in total. The number of nitrogens with zero attached hydrogens (tertiary/aromatic N) is 2. The van der Waals surface area contributed by atoms with Gasteiger partial charge < -0.3 is 15.0 Å². The van der Waals surface area contributed by atoms with Crippen LogP contribution in [-0.2, 0) is 11.3 Å². The van der Waals surface area contributed by atoms with Crippen LogP contribution < -0.4 is 15.6 Å². The molecule has 0 atom stereocenters. The summed E-state index contributed by atoms with van der Waals surface area (Å²) in [5.74, 6) is 1.16. The molecule has 8 heteroatoms. The lowest BCUT2D eigenvalue weighted by atomic mass is 10.3. The van der Waals surface area contributed by atoms with E-state index in [0.717, 1.165) is 5.75 Å². The van der Waals surface area contributed by atoms with Crippen LogP contribution in [-0.4, -0.2) is 41.0 Å². The van der Waals surface area contributed by atoms with Gasteiger partial charge in [0.1, 0.15) is 16.3 Å². The first-order chi connectivity index (χ1) is 12.6. The smallest absolute Gasteiger partial charge is 0.268 e. The second-order valence-corrected chi connectivity index (χ2v) is 6.64. The van der Waals surface area contributed by atoms with Crippen molar-refractivity contribution in [1.29, 1.82) is 0 Å². The van der Waals surface area contributed by atoms with Crippen LogP contribution in [0.5, 0.6) is 5.75 Å². The Bertz CT molecular complexity index is 949. The summed E-state index contributed by atoms with van der Waals surface area (Å²) < 4.78 is 5.72. The van der Waals surface area contributed by atoms with Crippen molar-refractivity contribution in [1.82, 2.24) is 14.9 Å². The summed E-state index contributed by atoms with van der Waals surface area (Å²) in [6.07, 6.45) is 0. The predicted octanol–water partition coefficient (Wildman–Crippen LogP) is 2.45. The van der Waals surface area contributed by atoms with Crippen molar-refractivity contribution in [3.05, 3.63) is 51.9 Å². The van der Waals surface area contributed by atoms with Crippen LogP contribution in [0.4, 0.5) is 5.69 Å². The highest BCUT2D eigenvalue weighted by atomic mass is 32.1. The van der Waals surface area contributed by atoms with Crippen LogP contribution in [0.25, 0.3) is 10.2 Å². The van der Waals surface area contributed by atoms with E-state index in [-0.39, 0.29) is 18.0 Å². The van der Waals surface area contributed by atoms with Gasteiger partial charge in [0.05, 0.1) is 25.7 Å². The molecule has 0 aliphatic carbocycles. The van der Waals surface area contributed by atoms with Crippen molar-refractivity contribution in [3.8, 4) is 5.75 Å². The number of aromatic nitrogens is 2. The number of anilines is 1. The number of fused-ring (bicyclic) bond motifs is 1.